The van der Waals surface area contributed by atoms with Gasteiger partial charge in [-0.3, -0.25) is 9.09 Å². The molecule has 1 fully saturated rings. The molecule has 3 heterocycles. The Labute approximate surface area is 184 Å². The van der Waals surface area contributed by atoms with Crippen molar-refractivity contribution in [3.63, 3.8) is 0 Å². The van der Waals surface area contributed by atoms with Crippen LogP contribution in [0.4, 0.5) is 5.82 Å². The molecule has 0 unspecified atom stereocenters. The summed E-state index contributed by atoms with van der Waals surface area (Å²) in [5, 5.41) is 20.1. The van der Waals surface area contributed by atoms with Crippen molar-refractivity contribution in [1.82, 2.24) is 24.4 Å². The molecule has 2 aromatic heterocycles. The Kier molecular flexibility index (Phi) is 9.13. The maximum Gasteiger partial charge on any atom is 0.469 e. The van der Waals surface area contributed by atoms with Gasteiger partial charge in [0.15, 0.2) is 23.2 Å². The number of phosphoric acid groups is 1. The van der Waals surface area contributed by atoms with E-state index in [1.54, 1.807) is 0 Å². The van der Waals surface area contributed by atoms with Crippen LogP contribution < -0.4 is 5.73 Å². The maximum absolute atomic E-state index is 10.8. The van der Waals surface area contributed by atoms with Gasteiger partial charge in [-0.15, -0.1) is 0 Å². The predicted molar refractivity (Wildman–Crippen MR) is 112 cm³/mol. The number of aromatic nitrogens is 4. The Morgan fingerprint density at radius 1 is 1.23 bits per heavy atom. The van der Waals surface area contributed by atoms with E-state index in [-0.39, 0.29) is 22.3 Å². The highest BCUT2D eigenvalue weighted by molar-refractivity contribution is 7.46. The molecule has 3 rings (SSSR count). The third-order valence-electron chi connectivity index (χ3n) is 4.80. The molecule has 1 aliphatic rings. The van der Waals surface area contributed by atoms with Gasteiger partial charge >= 0.3 is 7.82 Å². The molecule has 0 aromatic carbocycles. The lowest BCUT2D eigenvalue weighted by Gasteiger charge is -2.17. The number of nitrogens with zero attached hydrogens (tertiary/aromatic N) is 5. The Bertz CT molecular complexity index is 902. The summed E-state index contributed by atoms with van der Waals surface area (Å²) in [6, 6.07) is 0. The van der Waals surface area contributed by atoms with Crippen LogP contribution in [0.15, 0.2) is 6.33 Å². The molecule has 6 N–H and O–H groups in total. The Morgan fingerprint density at radius 2 is 1.84 bits per heavy atom. The van der Waals surface area contributed by atoms with E-state index < -0.39 is 39.0 Å². The first-order valence-corrected chi connectivity index (χ1v) is 11.5. The number of ether oxygens (including phenoxy) is 1. The fraction of sp³-hybridized carbons (Fsp3) is 0.688. The molecule has 15 heteroatoms. The van der Waals surface area contributed by atoms with Crippen LogP contribution in [0.1, 0.15) is 27.0 Å². The molecular weight excluding hydrogens is 455 g/mol. The molecule has 1 saturated heterocycles. The molecule has 4 atom stereocenters. The van der Waals surface area contributed by atoms with E-state index in [9.17, 15) is 14.8 Å². The van der Waals surface area contributed by atoms with E-state index in [1.807, 2.05) is 0 Å². The number of halogens is 1. The number of rotatable bonds is 7. The van der Waals surface area contributed by atoms with Crippen molar-refractivity contribution in [2.45, 2.75) is 45.3 Å². The molecule has 0 bridgehead atoms. The minimum absolute atomic E-state index is 0.0649. The average molecular weight is 483 g/mol. The zero-order chi connectivity index (χ0) is 23.3. The summed E-state index contributed by atoms with van der Waals surface area (Å²) in [6.45, 7) is 9.49. The number of nitrogen functional groups attached to an aromatic ring is 1. The lowest BCUT2D eigenvalue weighted by Crippen LogP contribution is -2.33. The summed E-state index contributed by atoms with van der Waals surface area (Å²) in [5.74, 6) is 0.0649. The lowest BCUT2D eigenvalue weighted by molar-refractivity contribution is -0.0502. The molecule has 0 radical (unpaired) electrons. The molecule has 176 valence electrons. The van der Waals surface area contributed by atoms with E-state index in [2.05, 4.69) is 45.1 Å². The van der Waals surface area contributed by atoms with Gasteiger partial charge in [0.1, 0.15) is 24.6 Å². The van der Waals surface area contributed by atoms with E-state index in [1.165, 1.54) is 24.2 Å². The number of aliphatic hydroxyl groups is 2. The Hall–Kier alpha value is -1.41. The molecule has 0 aliphatic carbocycles. The maximum atomic E-state index is 10.8. The average Bonchev–Trinajstić information content (AvgIpc) is 3.19. The van der Waals surface area contributed by atoms with E-state index in [4.69, 9.17) is 31.9 Å². The SMILES string of the molecule is CCN(CC)CC.Nc1ncnc2c1nc(Cl)n2[C@@H]1O[C@H](COP(=O)(O)O)[C@@H](O)[C@H]1O. The van der Waals surface area contributed by atoms with Crippen molar-refractivity contribution < 1.29 is 33.8 Å². The number of phosphoric ester groups is 1. The van der Waals surface area contributed by atoms with Gasteiger partial charge in [0.2, 0.25) is 5.28 Å². The van der Waals surface area contributed by atoms with Gasteiger partial charge in [0.25, 0.3) is 0 Å². The number of fused-ring (bicyclic) bond motifs is 1. The quantitative estimate of drug-likeness (QED) is 0.265. The first-order valence-electron chi connectivity index (χ1n) is 9.61. The van der Waals surface area contributed by atoms with Gasteiger partial charge in [0, 0.05) is 0 Å². The second-order valence-corrected chi connectivity index (χ2v) is 8.21. The summed E-state index contributed by atoms with van der Waals surface area (Å²) < 4.78 is 21.7. The molecule has 13 nitrogen and oxygen atoms in total. The Morgan fingerprint density at radius 3 is 2.35 bits per heavy atom. The number of nitrogens with two attached hydrogens (primary N) is 1. The van der Waals surface area contributed by atoms with E-state index in [0.29, 0.717) is 0 Å². The molecule has 31 heavy (non-hydrogen) atoms. The van der Waals surface area contributed by atoms with Gasteiger partial charge in [-0.2, -0.15) is 0 Å². The third kappa shape index (κ3) is 6.31. The number of anilines is 1. The topological polar surface area (TPSA) is 189 Å². The minimum atomic E-state index is -4.75. The van der Waals surface area contributed by atoms with Crippen LogP contribution >= 0.6 is 19.4 Å². The van der Waals surface area contributed by atoms with E-state index >= 15 is 0 Å². The van der Waals surface area contributed by atoms with Gasteiger partial charge in [0.05, 0.1) is 6.61 Å². The van der Waals surface area contributed by atoms with Crippen molar-refractivity contribution in [2.24, 2.45) is 0 Å². The summed E-state index contributed by atoms with van der Waals surface area (Å²) in [4.78, 5) is 31.5. The number of hydrogen-bond acceptors (Lipinski definition) is 10. The molecule has 0 amide bonds. The van der Waals surface area contributed by atoms with Crippen LogP contribution in [0, 0.1) is 0 Å². The minimum Gasteiger partial charge on any atom is -0.387 e. The van der Waals surface area contributed by atoms with Crippen molar-refractivity contribution in [3.05, 3.63) is 11.6 Å². The van der Waals surface area contributed by atoms with Gasteiger partial charge in [-0.1, -0.05) is 20.8 Å². The number of hydrogen-bond donors (Lipinski definition) is 5. The van der Waals surface area contributed by atoms with Crippen molar-refractivity contribution in [3.8, 4) is 0 Å². The molecule has 0 spiro atoms. The third-order valence-corrected chi connectivity index (χ3v) is 5.55. The zero-order valence-electron chi connectivity index (χ0n) is 17.4. The lowest BCUT2D eigenvalue weighted by atomic mass is 10.1. The normalized spacial score (nSPS) is 23.9. The summed E-state index contributed by atoms with van der Waals surface area (Å²) in [7, 11) is -4.75. The second kappa shape index (κ2) is 10.9. The standard InChI is InChI=1S/C10H13ClN5O7P.C6H15N/c11-10-15-4-7(12)13-2-14-8(4)16(10)9-6(18)5(17)3(23-9)1-22-24(19,20)21;1-4-7(5-2)6-3/h2-3,5-6,9,17-18H,1H2,(H2,12,13,14)(H2,19,20,21);4-6H2,1-3H3/t3-,5-,6-,9-;/m1./s1. The Balaban J connectivity index is 0.000000423. The van der Waals surface area contributed by atoms with Crippen molar-refractivity contribution in [1.29, 1.82) is 0 Å². The van der Waals surface area contributed by atoms with Crippen LogP contribution in [0.3, 0.4) is 0 Å². The highest BCUT2D eigenvalue weighted by atomic mass is 35.5. The van der Waals surface area contributed by atoms with Crippen LogP contribution in [0.2, 0.25) is 5.28 Å². The fourth-order valence-corrected chi connectivity index (χ4v) is 3.65. The molecular formula is C16H28ClN6O7P. The van der Waals surface area contributed by atoms with Crippen LogP contribution in [-0.4, -0.2) is 89.0 Å². The van der Waals surface area contributed by atoms with E-state index in [0.717, 1.165) is 6.33 Å². The monoisotopic (exact) mass is 482 g/mol. The van der Waals surface area contributed by atoms with Gasteiger partial charge < -0.3 is 35.4 Å². The number of imidazole rings is 1. The highest BCUT2D eigenvalue weighted by Crippen LogP contribution is 2.39. The molecule has 0 saturated carbocycles. The molecule has 1 aliphatic heterocycles. The van der Waals surface area contributed by atoms with Gasteiger partial charge in [-0.25, -0.2) is 19.5 Å². The van der Waals surface area contributed by atoms with Gasteiger partial charge in [-0.05, 0) is 31.2 Å². The predicted octanol–water partition coefficient (Wildman–Crippen LogP) is 0.138. The van der Waals surface area contributed by atoms with Crippen LogP contribution in [0.25, 0.3) is 11.2 Å². The second-order valence-electron chi connectivity index (χ2n) is 6.63. The summed E-state index contributed by atoms with van der Waals surface area (Å²) in [5.41, 5.74) is 6.03. The smallest absolute Gasteiger partial charge is 0.387 e. The summed E-state index contributed by atoms with van der Waals surface area (Å²) in [6.07, 6.45) is -4.20. The first-order chi connectivity index (χ1) is 14.5. The van der Waals surface area contributed by atoms with Crippen LogP contribution in [-0.2, 0) is 13.8 Å². The molecule has 2 aromatic rings. The zero-order valence-corrected chi connectivity index (χ0v) is 19.0. The highest BCUT2D eigenvalue weighted by Gasteiger charge is 2.46. The van der Waals surface area contributed by atoms with Crippen LogP contribution in [0.5, 0.6) is 0 Å². The largest absolute Gasteiger partial charge is 0.469 e. The first kappa shape index (κ1) is 25.8. The van der Waals surface area contributed by atoms with Crippen molar-refractivity contribution in [2.75, 3.05) is 32.0 Å². The fourth-order valence-electron chi connectivity index (χ4n) is 3.05. The van der Waals surface area contributed by atoms with Crippen molar-refractivity contribution >= 4 is 36.4 Å². The number of aliphatic hydroxyl groups excluding tert-OH is 2. The summed E-state index contributed by atoms with van der Waals surface area (Å²) >= 11 is 6.03.